The van der Waals surface area contributed by atoms with Gasteiger partial charge in [-0.15, -0.1) is 0 Å². The lowest BCUT2D eigenvalue weighted by molar-refractivity contribution is -0.149. The quantitative estimate of drug-likeness (QED) is 0.861. The maximum absolute atomic E-state index is 11.9. The zero-order chi connectivity index (χ0) is 15.5. The number of carboxylic acid groups (broad SMARTS) is 1. The predicted molar refractivity (Wildman–Crippen MR) is 78.4 cm³/mol. The first kappa shape index (κ1) is 16.2. The third-order valence-electron chi connectivity index (χ3n) is 3.36. The molecule has 0 aliphatic carbocycles. The number of hydrogen-bond donors (Lipinski definition) is 1. The minimum absolute atomic E-state index is 0.0953. The molecule has 1 aromatic carbocycles. The van der Waals surface area contributed by atoms with Crippen molar-refractivity contribution in [2.75, 3.05) is 7.05 Å². The Morgan fingerprint density at radius 1 is 1.20 bits per heavy atom. The maximum atomic E-state index is 11.9. The number of hydrogen-bond acceptors (Lipinski definition) is 2. The molecule has 1 amide bonds. The minimum atomic E-state index is -1.09. The fourth-order valence-corrected chi connectivity index (χ4v) is 1.90. The highest BCUT2D eigenvalue weighted by Gasteiger charge is 2.24. The van der Waals surface area contributed by atoms with E-state index in [1.54, 1.807) is 7.05 Å². The molecule has 0 radical (unpaired) electrons. The van der Waals surface area contributed by atoms with E-state index in [1.165, 1.54) is 17.4 Å². The van der Waals surface area contributed by atoms with Gasteiger partial charge in [0.2, 0.25) is 5.91 Å². The van der Waals surface area contributed by atoms with Crippen LogP contribution >= 0.6 is 0 Å². The second-order valence-electron chi connectivity index (χ2n) is 6.20. The van der Waals surface area contributed by atoms with Gasteiger partial charge >= 0.3 is 5.97 Å². The summed E-state index contributed by atoms with van der Waals surface area (Å²) in [5, 5.41) is 8.85. The molecule has 110 valence electrons. The van der Waals surface area contributed by atoms with Crippen molar-refractivity contribution in [1.29, 1.82) is 0 Å². The van der Waals surface area contributed by atoms with Gasteiger partial charge in [0.25, 0.3) is 0 Å². The van der Waals surface area contributed by atoms with Crippen LogP contribution in [-0.4, -0.2) is 28.9 Å². The van der Waals surface area contributed by atoms with Crippen molar-refractivity contribution in [3.63, 3.8) is 0 Å². The molecule has 1 unspecified atom stereocenters. The molecule has 1 aromatic rings. The Hall–Kier alpha value is -1.84. The summed E-state index contributed by atoms with van der Waals surface area (Å²) < 4.78 is 0. The highest BCUT2D eigenvalue weighted by molar-refractivity contribution is 5.96. The summed E-state index contributed by atoms with van der Waals surface area (Å²) in [6.07, 6.45) is 0. The highest BCUT2D eigenvalue weighted by Crippen LogP contribution is 2.22. The molecule has 1 N–H and O–H groups in total. The average Bonchev–Trinajstić information content (AvgIpc) is 2.36. The molecule has 1 rings (SSSR count). The topological polar surface area (TPSA) is 57.6 Å². The Kier molecular flexibility index (Phi) is 4.93. The summed E-state index contributed by atoms with van der Waals surface area (Å²) in [5.41, 5.74) is 2.32. The van der Waals surface area contributed by atoms with Gasteiger partial charge in [0, 0.05) is 13.6 Å². The third kappa shape index (κ3) is 4.08. The molecule has 0 saturated heterocycles. The largest absolute Gasteiger partial charge is 0.481 e. The molecule has 0 saturated carbocycles. The lowest BCUT2D eigenvalue weighted by Crippen LogP contribution is -2.34. The van der Waals surface area contributed by atoms with E-state index in [2.05, 4.69) is 20.8 Å². The van der Waals surface area contributed by atoms with E-state index in [0.717, 1.165) is 5.56 Å². The second kappa shape index (κ2) is 6.07. The Morgan fingerprint density at radius 3 is 2.10 bits per heavy atom. The van der Waals surface area contributed by atoms with Crippen LogP contribution in [0.2, 0.25) is 0 Å². The summed E-state index contributed by atoms with van der Waals surface area (Å²) in [7, 11) is 1.62. The van der Waals surface area contributed by atoms with Crippen molar-refractivity contribution in [2.24, 2.45) is 5.92 Å². The molecule has 1 atom stereocenters. The number of aliphatic carboxylic acids is 1. The fraction of sp³-hybridized carbons (Fsp3) is 0.500. The summed E-state index contributed by atoms with van der Waals surface area (Å²) in [5.74, 6) is -2.48. The lowest BCUT2D eigenvalue weighted by atomic mass is 9.87. The van der Waals surface area contributed by atoms with Gasteiger partial charge < -0.3 is 10.0 Å². The number of carboxylic acids is 1. The van der Waals surface area contributed by atoms with Crippen molar-refractivity contribution in [3.8, 4) is 0 Å². The molecule has 0 aromatic heterocycles. The molecule has 0 heterocycles. The number of carbonyl (C=O) groups is 2. The van der Waals surface area contributed by atoms with Gasteiger partial charge in [-0.25, -0.2) is 0 Å². The maximum Gasteiger partial charge on any atom is 0.315 e. The average molecular weight is 277 g/mol. The van der Waals surface area contributed by atoms with Gasteiger partial charge in [-0.05, 0) is 23.5 Å². The highest BCUT2D eigenvalue weighted by atomic mass is 16.4. The van der Waals surface area contributed by atoms with Crippen LogP contribution in [0.1, 0.15) is 38.8 Å². The molecule has 20 heavy (non-hydrogen) atoms. The summed E-state index contributed by atoms with van der Waals surface area (Å²) in [4.78, 5) is 24.1. The fourth-order valence-electron chi connectivity index (χ4n) is 1.90. The van der Waals surface area contributed by atoms with E-state index in [9.17, 15) is 9.59 Å². The van der Waals surface area contributed by atoms with Crippen LogP contribution in [0.3, 0.4) is 0 Å². The van der Waals surface area contributed by atoms with Crippen molar-refractivity contribution in [2.45, 2.75) is 39.7 Å². The van der Waals surface area contributed by atoms with Crippen LogP contribution in [0.5, 0.6) is 0 Å². The van der Waals surface area contributed by atoms with E-state index in [4.69, 9.17) is 5.11 Å². The second-order valence-corrected chi connectivity index (χ2v) is 6.20. The summed E-state index contributed by atoms with van der Waals surface area (Å²) >= 11 is 0. The normalized spacial score (nSPS) is 12.8. The molecule has 4 nitrogen and oxygen atoms in total. The molecular weight excluding hydrogens is 254 g/mol. The zero-order valence-corrected chi connectivity index (χ0v) is 12.8. The van der Waals surface area contributed by atoms with Gasteiger partial charge in [-0.3, -0.25) is 9.59 Å². The zero-order valence-electron chi connectivity index (χ0n) is 12.8. The Morgan fingerprint density at radius 2 is 1.70 bits per heavy atom. The first-order valence-corrected chi connectivity index (χ1v) is 6.70. The van der Waals surface area contributed by atoms with E-state index in [-0.39, 0.29) is 11.3 Å². The summed E-state index contributed by atoms with van der Waals surface area (Å²) in [6, 6.07) is 8.06. The third-order valence-corrected chi connectivity index (χ3v) is 3.36. The van der Waals surface area contributed by atoms with E-state index in [0.29, 0.717) is 6.54 Å². The molecule has 4 heteroatoms. The van der Waals surface area contributed by atoms with Gasteiger partial charge in [0.05, 0.1) is 0 Å². The van der Waals surface area contributed by atoms with Crippen molar-refractivity contribution in [3.05, 3.63) is 35.4 Å². The molecule has 0 aliphatic rings. The van der Waals surface area contributed by atoms with Gasteiger partial charge in [-0.2, -0.15) is 0 Å². The van der Waals surface area contributed by atoms with Crippen LogP contribution in [0, 0.1) is 5.92 Å². The van der Waals surface area contributed by atoms with Gasteiger partial charge in [-0.1, -0.05) is 45.0 Å². The number of nitrogens with zero attached hydrogens (tertiary/aromatic N) is 1. The first-order chi connectivity index (χ1) is 9.12. The van der Waals surface area contributed by atoms with Gasteiger partial charge in [0.1, 0.15) is 5.92 Å². The van der Waals surface area contributed by atoms with Crippen LogP contribution in [-0.2, 0) is 21.5 Å². The molecule has 0 spiro atoms. The van der Waals surface area contributed by atoms with Crippen molar-refractivity contribution >= 4 is 11.9 Å². The van der Waals surface area contributed by atoms with E-state index >= 15 is 0 Å². The monoisotopic (exact) mass is 277 g/mol. The minimum Gasteiger partial charge on any atom is -0.481 e. The van der Waals surface area contributed by atoms with Crippen molar-refractivity contribution in [1.82, 2.24) is 4.90 Å². The Bertz CT molecular complexity index is 485. The smallest absolute Gasteiger partial charge is 0.315 e. The standard InChI is InChI=1S/C16H23NO3/c1-11(15(19)20)14(18)17(5)10-12-6-8-13(9-7-12)16(2,3)4/h6-9,11H,10H2,1-5H3,(H,19,20). The van der Waals surface area contributed by atoms with Crippen molar-refractivity contribution < 1.29 is 14.7 Å². The first-order valence-electron chi connectivity index (χ1n) is 6.70. The van der Waals surface area contributed by atoms with Crippen LogP contribution in [0.4, 0.5) is 0 Å². The number of amides is 1. The van der Waals surface area contributed by atoms with Crippen LogP contribution in [0.15, 0.2) is 24.3 Å². The lowest BCUT2D eigenvalue weighted by Gasteiger charge is -2.21. The molecule has 0 bridgehead atoms. The van der Waals surface area contributed by atoms with Crippen LogP contribution in [0.25, 0.3) is 0 Å². The van der Waals surface area contributed by atoms with E-state index in [1.807, 2.05) is 24.3 Å². The number of benzene rings is 1. The molecule has 0 fully saturated rings. The SMILES string of the molecule is CC(C(=O)O)C(=O)N(C)Cc1ccc(C(C)(C)C)cc1. The Labute approximate surface area is 120 Å². The number of carbonyl (C=O) groups excluding carboxylic acids is 1. The Balaban J connectivity index is 2.74. The predicted octanol–water partition coefficient (Wildman–Crippen LogP) is 2.66. The van der Waals surface area contributed by atoms with Gasteiger partial charge in [0.15, 0.2) is 0 Å². The number of rotatable bonds is 4. The summed E-state index contributed by atoms with van der Waals surface area (Å²) in [6.45, 7) is 8.26. The van der Waals surface area contributed by atoms with Crippen LogP contribution < -0.4 is 0 Å². The molecule has 0 aliphatic heterocycles. The molecular formula is C16H23NO3. The van der Waals surface area contributed by atoms with E-state index < -0.39 is 11.9 Å².